The molecule has 0 amide bonds. The lowest BCUT2D eigenvalue weighted by atomic mass is 9.94. The minimum absolute atomic E-state index is 0.757. The molecule has 30 heavy (non-hydrogen) atoms. The first-order chi connectivity index (χ1) is 14.6. The summed E-state index contributed by atoms with van der Waals surface area (Å²) in [6.45, 7) is 4.31. The Kier molecular flexibility index (Phi) is 4.61. The third-order valence-corrected chi connectivity index (χ3v) is 6.51. The molecular formula is C27H22N2S. The molecule has 3 heteroatoms. The molecule has 0 saturated heterocycles. The second-order valence-corrected chi connectivity index (χ2v) is 8.69. The Morgan fingerprint density at radius 3 is 2.27 bits per heavy atom. The minimum Gasteiger partial charge on any atom is -0.398 e. The number of hydrogen-bond donors (Lipinski definition) is 1. The normalized spacial score (nSPS) is 11.1. The fourth-order valence-corrected chi connectivity index (χ4v) is 4.96. The lowest BCUT2D eigenvalue weighted by Gasteiger charge is -2.11. The van der Waals surface area contributed by atoms with Crippen LogP contribution >= 0.6 is 11.3 Å². The van der Waals surface area contributed by atoms with Gasteiger partial charge in [0, 0.05) is 16.8 Å². The van der Waals surface area contributed by atoms with E-state index in [0.29, 0.717) is 0 Å². The number of rotatable bonds is 3. The largest absolute Gasteiger partial charge is 0.398 e. The van der Waals surface area contributed by atoms with Gasteiger partial charge in [0.05, 0.1) is 10.2 Å². The molecule has 0 atom stereocenters. The van der Waals surface area contributed by atoms with Crippen molar-refractivity contribution < 1.29 is 0 Å². The number of aryl methyl sites for hydroxylation is 2. The fourth-order valence-electron chi connectivity index (χ4n) is 3.88. The van der Waals surface area contributed by atoms with E-state index in [4.69, 9.17) is 10.7 Å². The third kappa shape index (κ3) is 3.27. The van der Waals surface area contributed by atoms with Gasteiger partial charge in [0.15, 0.2) is 0 Å². The first kappa shape index (κ1) is 18.6. The van der Waals surface area contributed by atoms with E-state index in [9.17, 15) is 0 Å². The Morgan fingerprint density at radius 2 is 1.47 bits per heavy atom. The van der Waals surface area contributed by atoms with Crippen molar-refractivity contribution in [2.75, 3.05) is 5.73 Å². The zero-order valence-corrected chi connectivity index (χ0v) is 17.8. The highest BCUT2D eigenvalue weighted by atomic mass is 32.1. The van der Waals surface area contributed by atoms with E-state index >= 15 is 0 Å². The molecule has 2 N–H and O–H groups in total. The van der Waals surface area contributed by atoms with Crippen LogP contribution in [-0.4, -0.2) is 4.98 Å². The van der Waals surface area contributed by atoms with Crippen molar-refractivity contribution in [1.29, 1.82) is 0 Å². The van der Waals surface area contributed by atoms with Crippen molar-refractivity contribution in [3.63, 3.8) is 0 Å². The maximum absolute atomic E-state index is 6.25. The zero-order valence-electron chi connectivity index (χ0n) is 17.0. The Bertz CT molecular complexity index is 1370. The monoisotopic (exact) mass is 406 g/mol. The van der Waals surface area contributed by atoms with Crippen LogP contribution in [-0.2, 0) is 0 Å². The topological polar surface area (TPSA) is 38.9 Å². The SMILES string of the molecule is Cc1ccc(C)c(-c2cc(-c3ccccc3)c3nc(-c4ccccc4N)sc3c2)c1. The van der Waals surface area contributed by atoms with Gasteiger partial charge in [-0.1, -0.05) is 66.2 Å². The molecule has 0 saturated carbocycles. The molecule has 0 fully saturated rings. The van der Waals surface area contributed by atoms with Gasteiger partial charge in [-0.2, -0.15) is 0 Å². The summed E-state index contributed by atoms with van der Waals surface area (Å²) in [6, 6.07) is 29.6. The second kappa shape index (κ2) is 7.43. The van der Waals surface area contributed by atoms with E-state index in [0.717, 1.165) is 27.3 Å². The van der Waals surface area contributed by atoms with E-state index in [2.05, 4.69) is 68.4 Å². The smallest absolute Gasteiger partial charge is 0.126 e. The molecule has 1 heterocycles. The molecule has 0 radical (unpaired) electrons. The van der Waals surface area contributed by atoms with E-state index < -0.39 is 0 Å². The number of nitrogens with zero attached hydrogens (tertiary/aromatic N) is 1. The van der Waals surface area contributed by atoms with Gasteiger partial charge < -0.3 is 5.73 Å². The highest BCUT2D eigenvalue weighted by molar-refractivity contribution is 7.21. The third-order valence-electron chi connectivity index (χ3n) is 5.47. The van der Waals surface area contributed by atoms with E-state index in [-0.39, 0.29) is 0 Å². The summed E-state index contributed by atoms with van der Waals surface area (Å²) in [5.41, 5.74) is 16.4. The maximum Gasteiger partial charge on any atom is 0.126 e. The summed E-state index contributed by atoms with van der Waals surface area (Å²) in [7, 11) is 0. The fraction of sp³-hybridized carbons (Fsp3) is 0.0741. The number of aromatic nitrogens is 1. The summed E-state index contributed by atoms with van der Waals surface area (Å²) in [4.78, 5) is 5.03. The molecule has 146 valence electrons. The lowest BCUT2D eigenvalue weighted by molar-refractivity contribution is 1.39. The standard InChI is InChI=1S/C27H22N2S/c1-17-12-13-18(2)22(14-17)20-15-23(19-8-4-3-5-9-19)26-25(16-20)30-27(29-26)21-10-6-7-11-24(21)28/h3-16H,28H2,1-2H3. The van der Waals surface area contributed by atoms with Crippen molar-refractivity contribution in [1.82, 2.24) is 4.98 Å². The van der Waals surface area contributed by atoms with Crippen LogP contribution in [0.25, 0.3) is 43.0 Å². The van der Waals surface area contributed by atoms with Gasteiger partial charge in [0.1, 0.15) is 5.01 Å². The van der Waals surface area contributed by atoms with Gasteiger partial charge >= 0.3 is 0 Å². The van der Waals surface area contributed by atoms with E-state index in [1.807, 2.05) is 30.3 Å². The van der Waals surface area contributed by atoms with Crippen molar-refractivity contribution in [3.8, 4) is 32.8 Å². The first-order valence-electron chi connectivity index (χ1n) is 10.0. The van der Waals surface area contributed by atoms with E-state index in [1.54, 1.807) is 11.3 Å². The number of para-hydroxylation sites is 1. The molecular weight excluding hydrogens is 384 g/mol. The molecule has 5 aromatic rings. The molecule has 5 rings (SSSR count). The second-order valence-electron chi connectivity index (χ2n) is 7.66. The summed E-state index contributed by atoms with van der Waals surface area (Å²) in [6.07, 6.45) is 0. The predicted molar refractivity (Wildman–Crippen MR) is 130 cm³/mol. The highest BCUT2D eigenvalue weighted by Crippen LogP contribution is 2.40. The maximum atomic E-state index is 6.25. The minimum atomic E-state index is 0.757. The highest BCUT2D eigenvalue weighted by Gasteiger charge is 2.16. The van der Waals surface area contributed by atoms with Crippen LogP contribution < -0.4 is 5.73 Å². The zero-order chi connectivity index (χ0) is 20.7. The van der Waals surface area contributed by atoms with Crippen LogP contribution in [0.15, 0.2) is 84.9 Å². The first-order valence-corrected chi connectivity index (χ1v) is 10.8. The number of hydrogen-bond acceptors (Lipinski definition) is 3. The molecule has 0 aliphatic heterocycles. The Balaban J connectivity index is 1.80. The molecule has 4 aromatic carbocycles. The summed E-state index contributed by atoms with van der Waals surface area (Å²) in [5, 5.41) is 0.957. The lowest BCUT2D eigenvalue weighted by Crippen LogP contribution is -1.89. The van der Waals surface area contributed by atoms with Gasteiger partial charge in [0.2, 0.25) is 0 Å². The molecule has 0 bridgehead atoms. The van der Waals surface area contributed by atoms with Crippen molar-refractivity contribution >= 4 is 27.2 Å². The summed E-state index contributed by atoms with van der Waals surface area (Å²) in [5.74, 6) is 0. The number of anilines is 1. The van der Waals surface area contributed by atoms with Gasteiger partial charge in [-0.3, -0.25) is 0 Å². The quantitative estimate of drug-likeness (QED) is 0.315. The van der Waals surface area contributed by atoms with Gasteiger partial charge in [-0.25, -0.2) is 4.98 Å². The predicted octanol–water partition coefficient (Wildman–Crippen LogP) is 7.50. The molecule has 2 nitrogen and oxygen atoms in total. The van der Waals surface area contributed by atoms with Crippen molar-refractivity contribution in [2.45, 2.75) is 13.8 Å². The van der Waals surface area contributed by atoms with Gasteiger partial charge in [-0.15, -0.1) is 11.3 Å². The van der Waals surface area contributed by atoms with Gasteiger partial charge in [-0.05, 0) is 60.4 Å². The Hall–Kier alpha value is -3.43. The number of thiazole rings is 1. The Morgan fingerprint density at radius 1 is 0.700 bits per heavy atom. The molecule has 0 aliphatic carbocycles. The molecule has 0 aliphatic rings. The van der Waals surface area contributed by atoms with Crippen molar-refractivity contribution in [3.05, 3.63) is 96.1 Å². The van der Waals surface area contributed by atoms with E-state index in [1.165, 1.54) is 32.5 Å². The van der Waals surface area contributed by atoms with Crippen LogP contribution in [0.2, 0.25) is 0 Å². The van der Waals surface area contributed by atoms with Crippen LogP contribution in [0, 0.1) is 13.8 Å². The summed E-state index contributed by atoms with van der Waals surface area (Å²) < 4.78 is 1.17. The Labute approximate surface area is 180 Å². The average molecular weight is 407 g/mol. The van der Waals surface area contributed by atoms with Gasteiger partial charge in [0.25, 0.3) is 0 Å². The molecule has 1 aromatic heterocycles. The van der Waals surface area contributed by atoms with Crippen molar-refractivity contribution in [2.24, 2.45) is 0 Å². The number of nitrogen functional groups attached to an aromatic ring is 1. The molecule has 0 spiro atoms. The number of fused-ring (bicyclic) bond motifs is 1. The number of benzene rings is 4. The summed E-state index contributed by atoms with van der Waals surface area (Å²) >= 11 is 1.70. The number of nitrogens with two attached hydrogens (primary N) is 1. The van der Waals surface area contributed by atoms with Crippen LogP contribution in [0.3, 0.4) is 0 Å². The van der Waals surface area contributed by atoms with Crippen LogP contribution in [0.1, 0.15) is 11.1 Å². The average Bonchev–Trinajstić information content (AvgIpc) is 3.19. The van der Waals surface area contributed by atoms with Crippen LogP contribution in [0.4, 0.5) is 5.69 Å². The van der Waals surface area contributed by atoms with Crippen LogP contribution in [0.5, 0.6) is 0 Å². The molecule has 0 unspecified atom stereocenters.